The Balaban J connectivity index is 1.77. The van der Waals surface area contributed by atoms with Gasteiger partial charge in [0.15, 0.2) is 5.17 Å². The van der Waals surface area contributed by atoms with Gasteiger partial charge in [-0.15, -0.1) is 6.58 Å². The predicted molar refractivity (Wildman–Crippen MR) is 139 cm³/mol. The summed E-state index contributed by atoms with van der Waals surface area (Å²) in [6, 6.07) is 12.1. The van der Waals surface area contributed by atoms with E-state index in [4.69, 9.17) is 9.73 Å². The highest BCUT2D eigenvalue weighted by Gasteiger charge is 2.39. The zero-order chi connectivity index (χ0) is 22.1. The van der Waals surface area contributed by atoms with E-state index < -0.39 is 0 Å². The Labute approximate surface area is 204 Å². The fourth-order valence-corrected chi connectivity index (χ4v) is 6.50. The molecule has 0 spiro atoms. The number of rotatable bonds is 5. The van der Waals surface area contributed by atoms with E-state index in [9.17, 15) is 4.79 Å². The number of amidine groups is 1. The van der Waals surface area contributed by atoms with Gasteiger partial charge in [0, 0.05) is 21.6 Å². The summed E-state index contributed by atoms with van der Waals surface area (Å²) in [7, 11) is 1.66. The van der Waals surface area contributed by atoms with Crippen LogP contribution in [0.25, 0.3) is 0 Å². The number of hydrogen-bond acceptors (Lipinski definition) is 6. The highest BCUT2D eigenvalue weighted by molar-refractivity contribution is 14.1. The number of benzene rings is 2. The number of thioether (sulfide) groups is 2. The first-order chi connectivity index (χ1) is 15.0. The molecule has 1 amide bonds. The zero-order valence-electron chi connectivity index (χ0n) is 17.5. The number of carbonyl (C=O) groups is 1. The number of methoxy groups -OCH3 is 1. The molecule has 1 saturated heterocycles. The van der Waals surface area contributed by atoms with Crippen LogP contribution < -0.4 is 9.64 Å². The predicted octanol–water partition coefficient (Wildman–Crippen LogP) is 6.16. The van der Waals surface area contributed by atoms with E-state index in [0.29, 0.717) is 16.6 Å². The molecule has 2 aromatic rings. The summed E-state index contributed by atoms with van der Waals surface area (Å²) in [5, 5.41) is 1.63. The molecule has 1 fully saturated rings. The number of fused-ring (bicyclic) bond motifs is 1. The second-order valence-electron chi connectivity index (χ2n) is 6.95. The molecule has 2 heterocycles. The van der Waals surface area contributed by atoms with E-state index in [1.807, 2.05) is 37.3 Å². The molecule has 0 N–H and O–H groups in total. The molecule has 0 atom stereocenters. The van der Waals surface area contributed by atoms with Crippen molar-refractivity contribution >= 4 is 68.6 Å². The lowest BCUT2D eigenvalue weighted by Crippen LogP contribution is -2.30. The van der Waals surface area contributed by atoms with Crippen molar-refractivity contribution in [3.8, 4) is 5.75 Å². The van der Waals surface area contributed by atoms with Gasteiger partial charge in [-0.25, -0.2) is 4.99 Å². The normalized spacial score (nSPS) is 19.4. The topological polar surface area (TPSA) is 45.1 Å². The largest absolute Gasteiger partial charge is 0.497 e. The van der Waals surface area contributed by atoms with Gasteiger partial charge in [0.25, 0.3) is 5.91 Å². The van der Waals surface area contributed by atoms with E-state index in [0.717, 1.165) is 42.7 Å². The minimum absolute atomic E-state index is 0.0347. The molecule has 0 aliphatic carbocycles. The summed E-state index contributed by atoms with van der Waals surface area (Å²) < 4.78 is 6.54. The first kappa shape index (κ1) is 22.3. The van der Waals surface area contributed by atoms with Gasteiger partial charge >= 0.3 is 0 Å². The van der Waals surface area contributed by atoms with Crippen LogP contribution in [0.1, 0.15) is 12.5 Å². The summed E-state index contributed by atoms with van der Waals surface area (Å²) in [6.45, 7) is 9.15. The SMILES string of the molecule is C=CCN1C(=O)C(=C2Sc3cc(OC)ccc3N2CC)SC1=Nc1ccc(I)cc1C. The Morgan fingerprint density at radius 2 is 2.00 bits per heavy atom. The van der Waals surface area contributed by atoms with Crippen molar-refractivity contribution < 1.29 is 9.53 Å². The maximum absolute atomic E-state index is 13.4. The molecule has 31 heavy (non-hydrogen) atoms. The molecule has 0 unspecified atom stereocenters. The number of hydrogen-bond donors (Lipinski definition) is 0. The second-order valence-corrected chi connectivity index (χ2v) is 10.2. The average Bonchev–Trinajstić information content (AvgIpc) is 3.27. The second kappa shape index (κ2) is 9.30. The Hall–Kier alpha value is -1.91. The van der Waals surface area contributed by atoms with Gasteiger partial charge in [-0.3, -0.25) is 9.69 Å². The molecule has 0 radical (unpaired) electrons. The van der Waals surface area contributed by atoms with Crippen LogP contribution in [0.15, 0.2) is 68.9 Å². The van der Waals surface area contributed by atoms with Crippen LogP contribution in [0, 0.1) is 10.5 Å². The van der Waals surface area contributed by atoms with Crippen LogP contribution >= 0.6 is 46.1 Å². The molecule has 160 valence electrons. The van der Waals surface area contributed by atoms with Gasteiger partial charge in [0.1, 0.15) is 15.7 Å². The molecular weight excluding hydrogens is 541 g/mol. The fourth-order valence-electron chi connectivity index (χ4n) is 3.43. The molecule has 2 aliphatic rings. The summed E-state index contributed by atoms with van der Waals surface area (Å²) >= 11 is 5.33. The summed E-state index contributed by atoms with van der Waals surface area (Å²) in [4.78, 5) is 23.9. The van der Waals surface area contributed by atoms with Crippen LogP contribution in [0.4, 0.5) is 11.4 Å². The van der Waals surface area contributed by atoms with Crippen molar-refractivity contribution in [2.45, 2.75) is 18.7 Å². The third-order valence-electron chi connectivity index (χ3n) is 4.97. The molecule has 0 bridgehead atoms. The highest BCUT2D eigenvalue weighted by Crippen LogP contribution is 2.51. The highest BCUT2D eigenvalue weighted by atomic mass is 127. The van der Waals surface area contributed by atoms with Crippen molar-refractivity contribution in [3.05, 3.63) is 68.1 Å². The van der Waals surface area contributed by atoms with Crippen molar-refractivity contribution in [3.63, 3.8) is 0 Å². The maximum atomic E-state index is 13.4. The molecule has 0 aromatic heterocycles. The minimum Gasteiger partial charge on any atom is -0.497 e. The third-order valence-corrected chi connectivity index (χ3v) is 8.00. The molecule has 2 aromatic carbocycles. The van der Waals surface area contributed by atoms with Gasteiger partial charge in [0.05, 0.1) is 18.5 Å². The number of nitrogens with zero attached hydrogens (tertiary/aromatic N) is 3. The number of anilines is 1. The zero-order valence-corrected chi connectivity index (χ0v) is 21.3. The maximum Gasteiger partial charge on any atom is 0.269 e. The monoisotopic (exact) mass is 563 g/mol. The van der Waals surface area contributed by atoms with Crippen LogP contribution in [0.3, 0.4) is 0 Å². The van der Waals surface area contributed by atoms with Gasteiger partial charge in [-0.05, 0) is 90.2 Å². The number of carbonyl (C=O) groups excluding carboxylic acids is 1. The Bertz CT molecular complexity index is 1130. The first-order valence-electron chi connectivity index (χ1n) is 9.80. The smallest absolute Gasteiger partial charge is 0.269 e. The van der Waals surface area contributed by atoms with Crippen LogP contribution in [0.2, 0.25) is 0 Å². The molecule has 8 heteroatoms. The summed E-state index contributed by atoms with van der Waals surface area (Å²) in [5.74, 6) is 0.774. The molecule has 2 aliphatic heterocycles. The van der Waals surface area contributed by atoms with Gasteiger partial charge in [-0.2, -0.15) is 0 Å². The van der Waals surface area contributed by atoms with Gasteiger partial charge < -0.3 is 9.64 Å². The molecule has 0 saturated carbocycles. The Morgan fingerprint density at radius 3 is 2.68 bits per heavy atom. The standard InChI is InChI=1S/C23H22IN3O2S2/c1-5-11-27-21(28)20(31-23(27)25-17-9-7-15(24)12-14(17)3)22-26(6-2)18-10-8-16(29-4)13-19(18)30-22/h5,7-10,12-13H,1,6,11H2,2-4H3. The molecular formula is C23H22IN3O2S2. The first-order valence-corrected chi connectivity index (χ1v) is 12.5. The van der Waals surface area contributed by atoms with E-state index in [-0.39, 0.29) is 5.91 Å². The molecule has 5 nitrogen and oxygen atoms in total. The summed E-state index contributed by atoms with van der Waals surface area (Å²) in [5.41, 5.74) is 3.05. The van der Waals surface area contributed by atoms with Crippen LogP contribution in [-0.4, -0.2) is 36.2 Å². The average molecular weight is 563 g/mol. The summed E-state index contributed by atoms with van der Waals surface area (Å²) in [6.07, 6.45) is 1.74. The Kier molecular flexibility index (Phi) is 6.68. The van der Waals surface area contributed by atoms with E-state index in [1.54, 1.807) is 29.8 Å². The van der Waals surface area contributed by atoms with Crippen molar-refractivity contribution in [2.75, 3.05) is 25.1 Å². The number of ether oxygens (including phenoxy) is 1. The van der Waals surface area contributed by atoms with E-state index in [2.05, 4.69) is 47.1 Å². The van der Waals surface area contributed by atoms with Crippen molar-refractivity contribution in [1.29, 1.82) is 0 Å². The van der Waals surface area contributed by atoms with Crippen LogP contribution in [-0.2, 0) is 4.79 Å². The Morgan fingerprint density at radius 1 is 1.19 bits per heavy atom. The fraction of sp³-hybridized carbons (Fsp3) is 0.217. The number of aliphatic imine (C=N–C) groups is 1. The van der Waals surface area contributed by atoms with Gasteiger partial charge in [0.2, 0.25) is 0 Å². The van der Waals surface area contributed by atoms with E-state index >= 15 is 0 Å². The lowest BCUT2D eigenvalue weighted by Gasteiger charge is -2.19. The van der Waals surface area contributed by atoms with Crippen LogP contribution in [0.5, 0.6) is 5.75 Å². The van der Waals surface area contributed by atoms with Gasteiger partial charge in [-0.1, -0.05) is 17.8 Å². The van der Waals surface area contributed by atoms with Crippen molar-refractivity contribution in [2.24, 2.45) is 4.99 Å². The quantitative estimate of drug-likeness (QED) is 0.248. The minimum atomic E-state index is -0.0347. The van der Waals surface area contributed by atoms with Crippen molar-refractivity contribution in [1.82, 2.24) is 4.90 Å². The lowest BCUT2D eigenvalue weighted by molar-refractivity contribution is -0.121. The third kappa shape index (κ3) is 4.25. The number of aryl methyl sites for hydroxylation is 1. The number of halogens is 1. The number of amides is 1. The van der Waals surface area contributed by atoms with E-state index in [1.165, 1.54) is 11.8 Å². The molecule has 4 rings (SSSR count). The lowest BCUT2D eigenvalue weighted by atomic mass is 10.2.